The zero-order valence-corrected chi connectivity index (χ0v) is 55.8. The molecule has 0 aromatic rings. The van der Waals surface area contributed by atoms with Crippen molar-refractivity contribution in [3.63, 3.8) is 0 Å². The van der Waals surface area contributed by atoms with Crippen molar-refractivity contribution in [1.82, 2.24) is 0 Å². The number of hydrogen-bond acceptors (Lipinski definition) is 32. The summed E-state index contributed by atoms with van der Waals surface area (Å²) in [6.07, 6.45) is -4.45. The number of hydrogen-bond donors (Lipinski definition) is 3. The van der Waals surface area contributed by atoms with Gasteiger partial charge in [-0.1, -0.05) is 0 Å². The fourth-order valence-electron chi connectivity index (χ4n) is 4.70. The second kappa shape index (κ2) is 57.0. The van der Waals surface area contributed by atoms with Crippen molar-refractivity contribution in [3.05, 3.63) is 0 Å². The van der Waals surface area contributed by atoms with Gasteiger partial charge in [0.2, 0.25) is 65.2 Å². The standard InChI is InChI=1S/C29H60O32P16/c1-41-70(62-33)56-24(12-47-10-8-26(58-72(43-3)64-35)14-49-17-28(60-74(45-5)66-37)19-51-75(67-38)53-21-30)6-9-46-13-25(57-71(42-2)63-34)7-11-48-15-27(59-73(44-4)65-36)16-50-18-29(61-77(69-40)55-23-32)20-52-76(68-39)54-22-31/h24-32H,6-23H2,1-5H3. The lowest BCUT2D eigenvalue weighted by Crippen LogP contribution is -2.29. The Morgan fingerprint density at radius 3 is 0.779 bits per heavy atom. The highest BCUT2D eigenvalue weighted by Gasteiger charge is 2.28. The van der Waals surface area contributed by atoms with Crippen LogP contribution in [-0.4, -0.2) is 187 Å². The van der Waals surface area contributed by atoms with Crippen LogP contribution in [0.25, 0.3) is 0 Å². The van der Waals surface area contributed by atoms with E-state index < -0.39 is 187 Å². The van der Waals surface area contributed by atoms with Gasteiger partial charge in [-0.25, -0.2) is 0 Å². The third kappa shape index (κ3) is 42.7. The first-order valence-corrected chi connectivity index (χ1v) is 42.7. The number of aliphatic hydroxyl groups is 3. The lowest BCUT2D eigenvalue weighted by molar-refractivity contribution is -0.0384. The molecule has 0 saturated carbocycles. The van der Waals surface area contributed by atoms with Crippen LogP contribution in [0.4, 0.5) is 0 Å². The van der Waals surface area contributed by atoms with E-state index in [0.29, 0.717) is 0 Å². The van der Waals surface area contributed by atoms with E-state index in [1.807, 2.05) is 0 Å². The van der Waals surface area contributed by atoms with E-state index in [4.69, 9.17) is 111 Å². The Morgan fingerprint density at radius 1 is 0.286 bits per heavy atom. The zero-order chi connectivity index (χ0) is 57.3. The fraction of sp³-hybridized carbons (Fsp3) is 1.00. The molecule has 448 valence electrons. The Hall–Kier alpha value is 3.28. The molecule has 0 heterocycles. The lowest BCUT2D eigenvalue weighted by atomic mass is 10.2. The van der Waals surface area contributed by atoms with Gasteiger partial charge in [0.25, 0.3) is 64.5 Å². The summed E-state index contributed by atoms with van der Waals surface area (Å²) in [5.74, 6) is 0. The molecule has 0 aromatic heterocycles. The van der Waals surface area contributed by atoms with Gasteiger partial charge in [-0.3, -0.25) is 50.1 Å². The minimum absolute atomic E-state index is 0.0180. The molecule has 0 amide bonds. The van der Waals surface area contributed by atoms with Crippen LogP contribution in [0.2, 0.25) is 0 Å². The van der Waals surface area contributed by atoms with E-state index >= 15 is 0 Å². The Labute approximate surface area is 466 Å². The average Bonchev–Trinajstić information content (AvgIpc) is 3.45. The topological polar surface area (TPSA) is 391 Å². The molecule has 3 N–H and O–H groups in total. The summed E-state index contributed by atoms with van der Waals surface area (Å²) in [6.45, 7) is -3.72. The fourth-order valence-corrected chi connectivity index (χ4v) is 15.1. The molecular weight excluding hydrogens is 1360 g/mol. The quantitative estimate of drug-likeness (QED) is 0.0289. The molecule has 0 aromatic carbocycles. The number of ether oxygens (including phenoxy) is 5. The highest BCUT2D eigenvalue weighted by atomic mass is 32.1. The van der Waals surface area contributed by atoms with Crippen molar-refractivity contribution in [2.45, 2.75) is 55.9 Å². The lowest BCUT2D eigenvalue weighted by Gasteiger charge is -2.24. The molecule has 0 saturated heterocycles. The maximum atomic E-state index is 11.8. The zero-order valence-electron chi connectivity index (χ0n) is 41.5. The van der Waals surface area contributed by atoms with Gasteiger partial charge in [0.15, 0.2) is 20.4 Å². The van der Waals surface area contributed by atoms with Gasteiger partial charge >= 0.3 is 0 Å². The molecule has 0 fully saturated rings. The van der Waals surface area contributed by atoms with Gasteiger partial charge in [0, 0.05) is 55.4 Å². The normalized spacial score (nSPS) is 18.1. The Kier molecular flexibility index (Phi) is 59.5. The van der Waals surface area contributed by atoms with E-state index in [1.54, 1.807) is 0 Å². The summed E-state index contributed by atoms with van der Waals surface area (Å²) in [7, 11) is -12.8. The highest BCUT2D eigenvalue weighted by Crippen LogP contribution is 2.56. The third-order valence-electron chi connectivity index (χ3n) is 7.87. The molecule has 32 nitrogen and oxygen atoms in total. The van der Waals surface area contributed by atoms with E-state index in [9.17, 15) is 36.5 Å². The Bertz CT molecular complexity index is 1510. The molecule has 14 unspecified atom stereocenters. The first-order valence-electron chi connectivity index (χ1n) is 21.1. The summed E-state index contributed by atoms with van der Waals surface area (Å²) in [5, 5.41) is 27.2. The van der Waals surface area contributed by atoms with Crippen LogP contribution in [0, 0.1) is 0 Å². The summed E-state index contributed by atoms with van der Waals surface area (Å²) >= 11 is 0. The molecule has 0 spiro atoms. The molecule has 0 aliphatic heterocycles. The van der Waals surface area contributed by atoms with Gasteiger partial charge in [-0.2, -0.15) is 0 Å². The predicted octanol–water partition coefficient (Wildman–Crippen LogP) is 11.9. The second-order valence-corrected chi connectivity index (χ2v) is 34.1. The molecule has 0 radical (unpaired) electrons. The van der Waals surface area contributed by atoms with E-state index in [2.05, 4.69) is 0 Å². The van der Waals surface area contributed by atoms with Crippen LogP contribution in [0.3, 0.4) is 0 Å². The van der Waals surface area contributed by atoms with Gasteiger partial charge < -0.3 is 97.8 Å². The van der Waals surface area contributed by atoms with Gasteiger partial charge in [0.05, 0.1) is 77.8 Å². The second-order valence-electron chi connectivity index (χ2n) is 12.9. The molecule has 0 aliphatic rings. The third-order valence-corrected chi connectivity index (χ3v) is 24.2. The van der Waals surface area contributed by atoms with Gasteiger partial charge in [-0.05, 0) is 19.3 Å². The molecule has 0 bridgehead atoms. The largest absolute Gasteiger partial charge is 0.379 e. The van der Waals surface area contributed by atoms with Gasteiger partial charge in [-0.15, -0.1) is 0 Å². The van der Waals surface area contributed by atoms with Gasteiger partial charge in [0.1, 0.15) is 18.3 Å². The van der Waals surface area contributed by atoms with Crippen LogP contribution < -0.4 is 0 Å². The first-order chi connectivity index (χ1) is 37.5. The summed E-state index contributed by atoms with van der Waals surface area (Å²) in [6, 6.07) is 0. The molecule has 14 atom stereocenters. The molecule has 0 rings (SSSR count). The summed E-state index contributed by atoms with van der Waals surface area (Å²) in [4.78, 5) is 0. The molecule has 0 aliphatic carbocycles. The summed E-state index contributed by atoms with van der Waals surface area (Å²) in [5.41, 5.74) is 0. The average molecular weight is 1420 g/mol. The maximum absolute atomic E-state index is 11.8. The van der Waals surface area contributed by atoms with Crippen molar-refractivity contribution in [2.24, 2.45) is 0 Å². The van der Waals surface area contributed by atoms with Crippen molar-refractivity contribution in [2.75, 3.05) is 135 Å². The summed E-state index contributed by atoms with van der Waals surface area (Å²) < 4.78 is 208. The monoisotopic (exact) mass is 1420 g/mol. The van der Waals surface area contributed by atoms with Crippen molar-refractivity contribution >= 4 is 130 Å². The van der Waals surface area contributed by atoms with Crippen molar-refractivity contribution in [3.8, 4) is 0 Å². The molecular formula is C29H60O32P16. The van der Waals surface area contributed by atoms with Crippen molar-refractivity contribution < 1.29 is 148 Å². The van der Waals surface area contributed by atoms with Crippen LogP contribution in [0.5, 0.6) is 0 Å². The Morgan fingerprint density at radius 2 is 0.506 bits per heavy atom. The molecule has 48 heteroatoms. The van der Waals surface area contributed by atoms with Crippen LogP contribution in [0.1, 0.15) is 19.3 Å². The van der Waals surface area contributed by atoms with Crippen molar-refractivity contribution in [1.29, 1.82) is 0 Å². The Balaban J connectivity index is 5.74. The van der Waals surface area contributed by atoms with E-state index in [-0.39, 0.29) is 98.5 Å². The van der Waals surface area contributed by atoms with Crippen LogP contribution in [0.15, 0.2) is 0 Å². The first kappa shape index (κ1) is 80.3. The number of aliphatic hydroxyl groups excluding tert-OH is 3. The van der Waals surface area contributed by atoms with Crippen LogP contribution >= 0.6 is 130 Å². The molecule has 77 heavy (non-hydrogen) atoms. The minimum atomic E-state index is -2.14. The predicted molar refractivity (Wildman–Crippen MR) is 285 cm³/mol. The van der Waals surface area contributed by atoms with E-state index in [1.165, 1.54) is 35.5 Å². The maximum Gasteiger partial charge on any atom is 0.275 e. The highest BCUT2D eigenvalue weighted by molar-refractivity contribution is 8.13. The number of rotatable bonds is 60. The SMILES string of the molecule is COP(OC(CCOCC(COCC(COP(OCO)P=O)OP(OCO)P=O)OP(OC)P=O)COCCC(COCCC(COCC(COP(OCO)P=O)OP(OC)P=O)OP(OC)P=O)OP(OC)P=O)P=O. The van der Waals surface area contributed by atoms with E-state index in [0.717, 1.165) is 0 Å². The minimum Gasteiger partial charge on any atom is -0.379 e. The smallest absolute Gasteiger partial charge is 0.275 e. The van der Waals surface area contributed by atoms with Crippen LogP contribution in [-0.2, 0) is 133 Å².